The lowest BCUT2D eigenvalue weighted by molar-refractivity contribution is 0.379. The highest BCUT2D eigenvalue weighted by Crippen LogP contribution is 2.13. The van der Waals surface area contributed by atoms with Crippen LogP contribution in [0, 0.1) is 13.8 Å². The molecule has 0 spiro atoms. The van der Waals surface area contributed by atoms with E-state index in [4.69, 9.17) is 10.5 Å². The van der Waals surface area contributed by atoms with Gasteiger partial charge in [-0.2, -0.15) is 4.98 Å². The van der Waals surface area contributed by atoms with Gasteiger partial charge in [0.2, 0.25) is 0 Å². The van der Waals surface area contributed by atoms with E-state index in [-0.39, 0.29) is 0 Å². The summed E-state index contributed by atoms with van der Waals surface area (Å²) in [7, 11) is 1.52. The van der Waals surface area contributed by atoms with Crippen LogP contribution in [0.3, 0.4) is 0 Å². The number of nitrogen functional groups attached to an aromatic ring is 1. The molecule has 0 aliphatic heterocycles. The predicted molar refractivity (Wildman–Crippen MR) is 42.5 cm³/mol. The van der Waals surface area contributed by atoms with Crippen LogP contribution in [0.2, 0.25) is 0 Å². The van der Waals surface area contributed by atoms with Crippen molar-refractivity contribution in [3.05, 3.63) is 11.3 Å². The van der Waals surface area contributed by atoms with Crippen molar-refractivity contribution in [1.29, 1.82) is 0 Å². The Hall–Kier alpha value is -1.32. The quantitative estimate of drug-likeness (QED) is 0.644. The van der Waals surface area contributed by atoms with Crippen molar-refractivity contribution in [2.75, 3.05) is 12.8 Å². The first kappa shape index (κ1) is 7.78. The SMILES string of the molecule is COc1nc(C)c(C)c(N)n1. The van der Waals surface area contributed by atoms with E-state index in [9.17, 15) is 0 Å². The molecule has 0 bridgehead atoms. The van der Waals surface area contributed by atoms with Crippen molar-refractivity contribution in [1.82, 2.24) is 9.97 Å². The van der Waals surface area contributed by atoms with Gasteiger partial charge in [0, 0.05) is 11.3 Å². The summed E-state index contributed by atoms with van der Waals surface area (Å²) < 4.78 is 4.83. The molecule has 0 saturated carbocycles. The third kappa shape index (κ3) is 1.39. The summed E-state index contributed by atoms with van der Waals surface area (Å²) in [5.41, 5.74) is 7.33. The second-order valence-corrected chi connectivity index (χ2v) is 2.31. The molecule has 0 fully saturated rings. The van der Waals surface area contributed by atoms with E-state index in [1.807, 2.05) is 13.8 Å². The number of hydrogen-bond donors (Lipinski definition) is 1. The van der Waals surface area contributed by atoms with Crippen LogP contribution in [-0.4, -0.2) is 17.1 Å². The molecule has 4 nitrogen and oxygen atoms in total. The van der Waals surface area contributed by atoms with Gasteiger partial charge in [-0.05, 0) is 13.8 Å². The fourth-order valence-electron chi connectivity index (χ4n) is 0.716. The van der Waals surface area contributed by atoms with Gasteiger partial charge in [-0.3, -0.25) is 0 Å². The van der Waals surface area contributed by atoms with Gasteiger partial charge >= 0.3 is 6.01 Å². The molecule has 1 heterocycles. The molecule has 0 amide bonds. The number of nitrogens with zero attached hydrogens (tertiary/aromatic N) is 2. The normalized spacial score (nSPS) is 9.73. The predicted octanol–water partition coefficient (Wildman–Crippen LogP) is 0.684. The van der Waals surface area contributed by atoms with Gasteiger partial charge in [-0.25, -0.2) is 4.98 Å². The minimum Gasteiger partial charge on any atom is -0.467 e. The molecule has 60 valence electrons. The minimum absolute atomic E-state index is 0.325. The number of methoxy groups -OCH3 is 1. The molecular weight excluding hydrogens is 142 g/mol. The number of aryl methyl sites for hydroxylation is 1. The summed E-state index contributed by atoms with van der Waals surface area (Å²) >= 11 is 0. The van der Waals surface area contributed by atoms with E-state index >= 15 is 0 Å². The maximum Gasteiger partial charge on any atom is 0.318 e. The minimum atomic E-state index is 0.325. The smallest absolute Gasteiger partial charge is 0.318 e. The number of aromatic nitrogens is 2. The molecule has 4 heteroatoms. The van der Waals surface area contributed by atoms with Crippen LogP contribution in [0.1, 0.15) is 11.3 Å². The fraction of sp³-hybridized carbons (Fsp3) is 0.429. The lowest BCUT2D eigenvalue weighted by Crippen LogP contribution is -2.02. The Morgan fingerprint density at radius 1 is 1.27 bits per heavy atom. The Labute approximate surface area is 65.4 Å². The first-order valence-corrected chi connectivity index (χ1v) is 3.30. The van der Waals surface area contributed by atoms with Gasteiger partial charge in [0.25, 0.3) is 0 Å². The van der Waals surface area contributed by atoms with Gasteiger partial charge in [-0.15, -0.1) is 0 Å². The highest BCUT2D eigenvalue weighted by molar-refractivity contribution is 5.41. The van der Waals surface area contributed by atoms with Crippen molar-refractivity contribution in [3.63, 3.8) is 0 Å². The van der Waals surface area contributed by atoms with E-state index in [0.29, 0.717) is 11.8 Å². The number of anilines is 1. The van der Waals surface area contributed by atoms with Crippen LogP contribution in [0.4, 0.5) is 5.82 Å². The van der Waals surface area contributed by atoms with E-state index in [2.05, 4.69) is 9.97 Å². The Kier molecular flexibility index (Phi) is 1.94. The van der Waals surface area contributed by atoms with Crippen LogP contribution in [0.5, 0.6) is 6.01 Å². The topological polar surface area (TPSA) is 61.0 Å². The summed E-state index contributed by atoms with van der Waals surface area (Å²) in [5, 5.41) is 0. The number of hydrogen-bond acceptors (Lipinski definition) is 4. The first-order chi connectivity index (χ1) is 5.15. The summed E-state index contributed by atoms with van der Waals surface area (Å²) in [6, 6.07) is 0.325. The van der Waals surface area contributed by atoms with Crippen LogP contribution in [-0.2, 0) is 0 Å². The van der Waals surface area contributed by atoms with Crippen LogP contribution < -0.4 is 10.5 Å². The second kappa shape index (κ2) is 2.74. The average molecular weight is 153 g/mol. The molecule has 0 aliphatic carbocycles. The molecule has 0 aliphatic rings. The fourth-order valence-corrected chi connectivity index (χ4v) is 0.716. The molecule has 2 N–H and O–H groups in total. The van der Waals surface area contributed by atoms with E-state index < -0.39 is 0 Å². The second-order valence-electron chi connectivity index (χ2n) is 2.31. The maximum atomic E-state index is 5.57. The largest absolute Gasteiger partial charge is 0.467 e. The molecule has 0 saturated heterocycles. The Balaban J connectivity index is 3.21. The summed E-state index contributed by atoms with van der Waals surface area (Å²) in [4.78, 5) is 7.94. The van der Waals surface area contributed by atoms with Crippen molar-refractivity contribution in [2.24, 2.45) is 0 Å². The third-order valence-corrected chi connectivity index (χ3v) is 1.59. The molecule has 11 heavy (non-hydrogen) atoms. The third-order valence-electron chi connectivity index (χ3n) is 1.59. The lowest BCUT2D eigenvalue weighted by Gasteiger charge is -2.04. The Bertz CT molecular complexity index is 249. The first-order valence-electron chi connectivity index (χ1n) is 3.30. The number of nitrogens with two attached hydrogens (primary N) is 1. The summed E-state index contributed by atoms with van der Waals surface area (Å²) in [6.07, 6.45) is 0. The molecular formula is C7H11N3O. The van der Waals surface area contributed by atoms with Gasteiger partial charge in [0.15, 0.2) is 0 Å². The van der Waals surface area contributed by atoms with Crippen LogP contribution >= 0.6 is 0 Å². The van der Waals surface area contributed by atoms with Gasteiger partial charge in [0.05, 0.1) is 7.11 Å². The molecule has 0 aromatic carbocycles. The molecule has 1 rings (SSSR count). The average Bonchev–Trinajstić information content (AvgIpc) is 1.99. The Morgan fingerprint density at radius 3 is 2.36 bits per heavy atom. The standard InChI is InChI=1S/C7H11N3O/c1-4-5(2)9-7(11-3)10-6(4)8/h1-3H3,(H2,8,9,10). The van der Waals surface area contributed by atoms with Crippen LogP contribution in [0.15, 0.2) is 0 Å². The van der Waals surface area contributed by atoms with Crippen molar-refractivity contribution >= 4 is 5.82 Å². The highest BCUT2D eigenvalue weighted by Gasteiger charge is 2.03. The molecule has 0 radical (unpaired) electrons. The molecule has 0 unspecified atom stereocenters. The van der Waals surface area contributed by atoms with Crippen molar-refractivity contribution in [3.8, 4) is 6.01 Å². The molecule has 0 atom stereocenters. The van der Waals surface area contributed by atoms with E-state index in [1.165, 1.54) is 7.11 Å². The van der Waals surface area contributed by atoms with E-state index in [0.717, 1.165) is 11.3 Å². The highest BCUT2D eigenvalue weighted by atomic mass is 16.5. The zero-order valence-corrected chi connectivity index (χ0v) is 6.88. The molecule has 1 aromatic heterocycles. The Morgan fingerprint density at radius 2 is 1.91 bits per heavy atom. The van der Waals surface area contributed by atoms with Crippen LogP contribution in [0.25, 0.3) is 0 Å². The molecule has 1 aromatic rings. The van der Waals surface area contributed by atoms with Crippen molar-refractivity contribution in [2.45, 2.75) is 13.8 Å². The monoisotopic (exact) mass is 153 g/mol. The van der Waals surface area contributed by atoms with Gasteiger partial charge in [-0.1, -0.05) is 0 Å². The lowest BCUT2D eigenvalue weighted by atomic mass is 10.2. The number of rotatable bonds is 1. The zero-order chi connectivity index (χ0) is 8.43. The van der Waals surface area contributed by atoms with Gasteiger partial charge in [0.1, 0.15) is 5.82 Å². The van der Waals surface area contributed by atoms with Gasteiger partial charge < -0.3 is 10.5 Å². The summed E-state index contributed by atoms with van der Waals surface area (Å²) in [5.74, 6) is 0.481. The van der Waals surface area contributed by atoms with Crippen molar-refractivity contribution < 1.29 is 4.74 Å². The maximum absolute atomic E-state index is 5.57. The number of ether oxygens (including phenoxy) is 1. The zero-order valence-electron chi connectivity index (χ0n) is 6.88. The summed E-state index contributed by atoms with van der Waals surface area (Å²) in [6.45, 7) is 3.75. The van der Waals surface area contributed by atoms with E-state index in [1.54, 1.807) is 0 Å².